The zero-order valence-corrected chi connectivity index (χ0v) is 19.4. The molecule has 1 aromatic heterocycles. The van der Waals surface area contributed by atoms with Crippen LogP contribution in [0, 0.1) is 0 Å². The summed E-state index contributed by atoms with van der Waals surface area (Å²) in [4.78, 5) is 25.2. The van der Waals surface area contributed by atoms with Crippen LogP contribution in [-0.4, -0.2) is 27.5 Å². The molecule has 0 bridgehead atoms. The maximum atomic E-state index is 13.7. The van der Waals surface area contributed by atoms with Crippen molar-refractivity contribution in [1.82, 2.24) is 9.78 Å². The van der Waals surface area contributed by atoms with E-state index in [0.717, 1.165) is 23.2 Å². The first kappa shape index (κ1) is 25.4. The lowest BCUT2D eigenvalue weighted by Gasteiger charge is -2.16. The Labute approximate surface area is 199 Å². The number of hydrogen-bond acceptors (Lipinski definition) is 5. The van der Waals surface area contributed by atoms with Gasteiger partial charge in [0.15, 0.2) is 0 Å². The molecule has 180 valence electrons. The molecule has 3 aromatic rings. The van der Waals surface area contributed by atoms with Crippen molar-refractivity contribution in [2.45, 2.75) is 43.1 Å². The summed E-state index contributed by atoms with van der Waals surface area (Å²) in [5.41, 5.74) is -1.97. The average molecular weight is 492 g/mol. The molecule has 0 aliphatic rings. The van der Waals surface area contributed by atoms with Gasteiger partial charge in [0.05, 0.1) is 17.8 Å². The van der Waals surface area contributed by atoms with E-state index in [9.17, 15) is 22.8 Å². The zero-order valence-electron chi connectivity index (χ0n) is 18.6. The highest BCUT2D eigenvalue weighted by atomic mass is 32.2. The number of amides is 1. The quantitative estimate of drug-likeness (QED) is 0.401. The average Bonchev–Trinajstić information content (AvgIpc) is 2.81. The zero-order chi connectivity index (χ0) is 24.7. The summed E-state index contributed by atoms with van der Waals surface area (Å²) in [6.45, 7) is 4.07. The van der Waals surface area contributed by atoms with Crippen LogP contribution in [0.2, 0.25) is 0 Å². The Morgan fingerprint density at radius 1 is 1.15 bits per heavy atom. The molecule has 1 unspecified atom stereocenters. The number of alkyl halides is 3. The van der Waals surface area contributed by atoms with Crippen molar-refractivity contribution in [3.63, 3.8) is 0 Å². The lowest BCUT2D eigenvalue weighted by atomic mass is 10.1. The topological polar surface area (TPSA) is 73.2 Å². The third-order valence-electron chi connectivity index (χ3n) is 4.87. The van der Waals surface area contributed by atoms with Crippen molar-refractivity contribution in [2.75, 3.05) is 11.9 Å². The number of anilines is 1. The Morgan fingerprint density at radius 2 is 1.88 bits per heavy atom. The number of thioether (sulfide) groups is 1. The number of nitrogens with zero attached hydrogens (tertiary/aromatic N) is 2. The van der Waals surface area contributed by atoms with E-state index >= 15 is 0 Å². The molecule has 0 saturated heterocycles. The number of para-hydroxylation sites is 1. The molecule has 34 heavy (non-hydrogen) atoms. The Balaban J connectivity index is 1.75. The highest BCUT2D eigenvalue weighted by Crippen LogP contribution is 2.38. The second kappa shape index (κ2) is 11.2. The molecule has 0 fully saturated rings. The molecule has 1 heterocycles. The predicted molar refractivity (Wildman–Crippen MR) is 125 cm³/mol. The number of ether oxygens (including phenoxy) is 1. The molecule has 0 aliphatic heterocycles. The fourth-order valence-electron chi connectivity index (χ4n) is 2.94. The van der Waals surface area contributed by atoms with E-state index in [0.29, 0.717) is 10.6 Å². The van der Waals surface area contributed by atoms with Crippen LogP contribution in [0.15, 0.2) is 70.4 Å². The molecule has 1 N–H and O–H groups in total. The smallest absolute Gasteiger partial charge is 0.418 e. The molecular formula is C24H24F3N3O3S. The van der Waals surface area contributed by atoms with Gasteiger partial charge in [-0.05, 0) is 42.8 Å². The molecule has 1 amide bonds. The van der Waals surface area contributed by atoms with Gasteiger partial charge in [-0.3, -0.25) is 9.59 Å². The number of aromatic nitrogens is 2. The number of carbonyl (C=O) groups excluding carboxylic acids is 1. The maximum Gasteiger partial charge on any atom is 0.418 e. The van der Waals surface area contributed by atoms with Gasteiger partial charge in [-0.25, -0.2) is 4.68 Å². The van der Waals surface area contributed by atoms with Crippen LogP contribution >= 0.6 is 11.8 Å². The fourth-order valence-corrected chi connectivity index (χ4v) is 3.90. The molecule has 0 aliphatic carbocycles. The Hall–Kier alpha value is -3.27. The predicted octanol–water partition coefficient (Wildman–Crippen LogP) is 5.48. The first-order valence-electron chi connectivity index (χ1n) is 10.6. The van der Waals surface area contributed by atoms with Gasteiger partial charge in [-0.2, -0.15) is 18.3 Å². The molecule has 1 atom stereocenters. The monoisotopic (exact) mass is 491 g/mol. The summed E-state index contributed by atoms with van der Waals surface area (Å²) < 4.78 is 47.6. The first-order chi connectivity index (χ1) is 16.2. The van der Waals surface area contributed by atoms with E-state index in [1.54, 1.807) is 24.3 Å². The molecule has 3 rings (SSSR count). The lowest BCUT2D eigenvalue weighted by Crippen LogP contribution is -2.28. The largest absolute Gasteiger partial charge is 0.492 e. The molecule has 0 radical (unpaired) electrons. The molecule has 6 nitrogen and oxygen atoms in total. The SMILES string of the molecule is CCC(C)Sc1ccc(NC(=O)c2ccc(=O)n(CCOc3ccccc3)n2)c(C(F)(F)F)c1. The van der Waals surface area contributed by atoms with Crippen LogP contribution < -0.4 is 15.6 Å². The minimum absolute atomic E-state index is 0.0597. The van der Waals surface area contributed by atoms with Crippen molar-refractivity contribution < 1.29 is 22.7 Å². The van der Waals surface area contributed by atoms with Gasteiger partial charge >= 0.3 is 6.18 Å². The van der Waals surface area contributed by atoms with Crippen LogP contribution in [0.25, 0.3) is 0 Å². The summed E-state index contributed by atoms with van der Waals surface area (Å²) in [7, 11) is 0. The number of halogens is 3. The van der Waals surface area contributed by atoms with E-state index in [1.807, 2.05) is 19.9 Å². The van der Waals surface area contributed by atoms with Crippen LogP contribution in [-0.2, 0) is 12.7 Å². The Bertz CT molecular complexity index is 1180. The number of benzene rings is 2. The minimum Gasteiger partial charge on any atom is -0.492 e. The van der Waals surface area contributed by atoms with Gasteiger partial charge in [0.25, 0.3) is 11.5 Å². The van der Waals surface area contributed by atoms with Crippen molar-refractivity contribution in [1.29, 1.82) is 0 Å². The van der Waals surface area contributed by atoms with E-state index in [1.165, 1.54) is 30.0 Å². The minimum atomic E-state index is -4.66. The molecule has 2 aromatic carbocycles. The number of rotatable bonds is 9. The van der Waals surface area contributed by atoms with Gasteiger partial charge < -0.3 is 10.1 Å². The Kier molecular flexibility index (Phi) is 8.38. The normalized spacial score (nSPS) is 12.3. The number of hydrogen-bond donors (Lipinski definition) is 1. The summed E-state index contributed by atoms with van der Waals surface area (Å²) in [5, 5.41) is 6.42. The summed E-state index contributed by atoms with van der Waals surface area (Å²) >= 11 is 1.33. The standard InChI is InChI=1S/C24H24F3N3O3S/c1-3-16(2)34-18-9-10-20(19(15-18)24(25,26)27)28-23(32)21-11-12-22(31)30(29-21)13-14-33-17-7-5-4-6-8-17/h4-12,15-16H,3,13-14H2,1-2H3,(H,28,32). The van der Waals surface area contributed by atoms with Gasteiger partial charge in [-0.1, -0.05) is 32.0 Å². The third-order valence-corrected chi connectivity index (χ3v) is 6.13. The molecule has 0 spiro atoms. The van der Waals surface area contributed by atoms with Gasteiger partial charge in [0, 0.05) is 16.2 Å². The maximum absolute atomic E-state index is 13.7. The van der Waals surface area contributed by atoms with Crippen LogP contribution in [0.3, 0.4) is 0 Å². The highest BCUT2D eigenvalue weighted by Gasteiger charge is 2.34. The van der Waals surface area contributed by atoms with Crippen LogP contribution in [0.5, 0.6) is 5.75 Å². The highest BCUT2D eigenvalue weighted by molar-refractivity contribution is 7.99. The fraction of sp³-hybridized carbons (Fsp3) is 0.292. The summed E-state index contributed by atoms with van der Waals surface area (Å²) in [5.74, 6) is -0.246. The van der Waals surface area contributed by atoms with Gasteiger partial charge in [0.2, 0.25) is 0 Å². The number of nitrogens with one attached hydrogen (secondary N) is 1. The van der Waals surface area contributed by atoms with E-state index in [4.69, 9.17) is 4.74 Å². The van der Waals surface area contributed by atoms with Crippen LogP contribution in [0.4, 0.5) is 18.9 Å². The number of carbonyl (C=O) groups is 1. The van der Waals surface area contributed by atoms with Gasteiger partial charge in [-0.15, -0.1) is 11.8 Å². The van der Waals surface area contributed by atoms with Gasteiger partial charge in [0.1, 0.15) is 18.1 Å². The second-order valence-electron chi connectivity index (χ2n) is 7.44. The summed E-state index contributed by atoms with van der Waals surface area (Å²) in [6.07, 6.45) is -3.85. The van der Waals surface area contributed by atoms with Crippen molar-refractivity contribution >= 4 is 23.4 Å². The van der Waals surface area contributed by atoms with E-state index in [-0.39, 0.29) is 29.8 Å². The second-order valence-corrected chi connectivity index (χ2v) is 8.95. The van der Waals surface area contributed by atoms with Crippen molar-refractivity contribution in [3.05, 3.63) is 82.3 Å². The van der Waals surface area contributed by atoms with Crippen LogP contribution in [0.1, 0.15) is 36.3 Å². The molecule has 0 saturated carbocycles. The first-order valence-corrected chi connectivity index (χ1v) is 11.5. The molecule has 10 heteroatoms. The molecular weight excluding hydrogens is 467 g/mol. The Morgan fingerprint density at radius 3 is 2.56 bits per heavy atom. The van der Waals surface area contributed by atoms with E-state index < -0.39 is 23.2 Å². The summed E-state index contributed by atoms with van der Waals surface area (Å²) in [6, 6.07) is 15.1. The van der Waals surface area contributed by atoms with Crippen molar-refractivity contribution in [3.8, 4) is 5.75 Å². The van der Waals surface area contributed by atoms with E-state index in [2.05, 4.69) is 10.4 Å². The van der Waals surface area contributed by atoms with Crippen molar-refractivity contribution in [2.24, 2.45) is 0 Å². The lowest BCUT2D eigenvalue weighted by molar-refractivity contribution is -0.137. The third kappa shape index (κ3) is 6.86.